The lowest BCUT2D eigenvalue weighted by molar-refractivity contribution is -0.576. The van der Waals surface area contributed by atoms with E-state index < -0.39 is 72.2 Å². The average Bonchev–Trinajstić information content (AvgIpc) is 3.17. The number of carbonyl (C=O) groups is 5. The van der Waals surface area contributed by atoms with Gasteiger partial charge in [-0.3, -0.25) is 19.2 Å². The van der Waals surface area contributed by atoms with E-state index in [9.17, 15) is 29.1 Å². The second-order valence-corrected chi connectivity index (χ2v) is 13.3. The van der Waals surface area contributed by atoms with Crippen molar-refractivity contribution in [3.63, 3.8) is 0 Å². The molecule has 0 aromatic heterocycles. The van der Waals surface area contributed by atoms with Gasteiger partial charge in [0.2, 0.25) is 23.9 Å². The number of ether oxygens (including phenoxy) is 3. The number of carboxylic acid groups (broad SMARTS) is 2. The fourth-order valence-corrected chi connectivity index (χ4v) is 7.18. The molecule has 0 aromatic rings. The summed E-state index contributed by atoms with van der Waals surface area (Å²) in [4.78, 5) is 72.8. The highest BCUT2D eigenvalue weighted by Crippen LogP contribution is 2.60. The molecule has 248 valence electrons. The summed E-state index contributed by atoms with van der Waals surface area (Å²) in [5, 5.41) is 23.1. The van der Waals surface area contributed by atoms with Crippen LogP contribution in [0, 0.1) is 29.6 Å². The lowest BCUT2D eigenvalue weighted by Crippen LogP contribution is -2.70. The van der Waals surface area contributed by atoms with Crippen molar-refractivity contribution in [2.24, 2.45) is 29.6 Å². The number of fused-ring (bicyclic) bond motifs is 2. The molecule has 2 bridgehead atoms. The SMILES string of the molecule is CC(C)C[C@H](NC(=O)CCC(=O)O[C@@H]1O[C@H]2O[C@]3(C)CC[C@H]4[C@H](C)CC[C@@H]([C@H]1C)[C@@]24OO3)C(=O)N[C@@H](CCC(=O)O)C(=O)O. The summed E-state index contributed by atoms with van der Waals surface area (Å²) in [7, 11) is 0. The molecular weight excluding hydrogens is 580 g/mol. The molecule has 4 saturated heterocycles. The predicted octanol–water partition coefficient (Wildman–Crippen LogP) is 2.48. The van der Waals surface area contributed by atoms with E-state index in [2.05, 4.69) is 17.6 Å². The van der Waals surface area contributed by atoms with Crippen molar-refractivity contribution in [1.29, 1.82) is 0 Å². The average molecular weight is 627 g/mol. The second-order valence-electron chi connectivity index (χ2n) is 13.3. The number of hydrogen-bond acceptors (Lipinski definition) is 10. The smallest absolute Gasteiger partial charge is 0.326 e. The zero-order chi connectivity index (χ0) is 32.4. The number of aliphatic carboxylic acids is 2. The van der Waals surface area contributed by atoms with Crippen LogP contribution < -0.4 is 10.6 Å². The largest absolute Gasteiger partial charge is 0.481 e. The molecule has 1 spiro atoms. The van der Waals surface area contributed by atoms with Gasteiger partial charge < -0.3 is 35.1 Å². The second kappa shape index (κ2) is 13.7. The number of hydrogen-bond donors (Lipinski definition) is 4. The van der Waals surface area contributed by atoms with Gasteiger partial charge in [0.15, 0.2) is 11.9 Å². The normalized spacial score (nSPS) is 35.5. The molecule has 5 fully saturated rings. The van der Waals surface area contributed by atoms with E-state index in [0.29, 0.717) is 12.3 Å². The molecule has 5 aliphatic rings. The van der Waals surface area contributed by atoms with E-state index in [0.717, 1.165) is 19.3 Å². The summed E-state index contributed by atoms with van der Waals surface area (Å²) >= 11 is 0. The summed E-state index contributed by atoms with van der Waals surface area (Å²) in [6, 6.07) is -2.50. The first-order valence-electron chi connectivity index (χ1n) is 15.6. The van der Waals surface area contributed by atoms with Crippen LogP contribution in [0.1, 0.15) is 92.4 Å². The van der Waals surface area contributed by atoms with Gasteiger partial charge in [-0.25, -0.2) is 14.6 Å². The van der Waals surface area contributed by atoms with Crippen LogP contribution in [0.5, 0.6) is 0 Å². The van der Waals surface area contributed by atoms with Crippen molar-refractivity contribution in [1.82, 2.24) is 10.6 Å². The molecule has 14 nitrogen and oxygen atoms in total. The predicted molar refractivity (Wildman–Crippen MR) is 150 cm³/mol. The summed E-state index contributed by atoms with van der Waals surface area (Å²) in [5.41, 5.74) is -0.796. The zero-order valence-electron chi connectivity index (χ0n) is 26.0. The fourth-order valence-electron chi connectivity index (χ4n) is 7.18. The quantitative estimate of drug-likeness (QED) is 0.172. The molecule has 4 heterocycles. The maximum absolute atomic E-state index is 12.9. The zero-order valence-corrected chi connectivity index (χ0v) is 26.0. The van der Waals surface area contributed by atoms with Crippen LogP contribution in [0.2, 0.25) is 0 Å². The lowest BCUT2D eigenvalue weighted by Gasteiger charge is -2.59. The van der Waals surface area contributed by atoms with Crippen molar-refractivity contribution >= 4 is 29.7 Å². The third-order valence-electron chi connectivity index (χ3n) is 9.52. The topological polar surface area (TPSA) is 196 Å². The third-order valence-corrected chi connectivity index (χ3v) is 9.52. The van der Waals surface area contributed by atoms with E-state index in [-0.39, 0.29) is 49.4 Å². The summed E-state index contributed by atoms with van der Waals surface area (Å²) < 4.78 is 18.3. The third kappa shape index (κ3) is 7.35. The first-order valence-corrected chi connectivity index (χ1v) is 15.6. The molecule has 0 aromatic carbocycles. The first-order chi connectivity index (χ1) is 20.6. The van der Waals surface area contributed by atoms with Crippen LogP contribution in [0.15, 0.2) is 0 Å². The van der Waals surface area contributed by atoms with Crippen LogP contribution in [0.3, 0.4) is 0 Å². The van der Waals surface area contributed by atoms with Crippen molar-refractivity contribution < 1.29 is 58.2 Å². The number of carboxylic acids is 2. The minimum Gasteiger partial charge on any atom is -0.481 e. The molecule has 4 N–H and O–H groups in total. The van der Waals surface area contributed by atoms with Gasteiger partial charge in [0.1, 0.15) is 12.1 Å². The molecule has 1 saturated carbocycles. The Hall–Kier alpha value is -2.81. The highest BCUT2D eigenvalue weighted by atomic mass is 17.3. The Morgan fingerprint density at radius 3 is 2.32 bits per heavy atom. The highest BCUT2D eigenvalue weighted by Gasteiger charge is 2.69. The lowest BCUT2D eigenvalue weighted by atomic mass is 9.58. The molecular formula is C30H46N2O12. The summed E-state index contributed by atoms with van der Waals surface area (Å²) in [5.74, 6) is -5.28. The standard InChI is InChI=1S/C30H46N2O12/c1-15(2)14-21(25(37)32-20(26(38)39)8-10-23(34)35)31-22(33)9-11-24(36)40-27-17(4)19-7-6-16(3)18-12-13-29(5)42-28(41-27)30(18,19)44-43-29/h15-21,27-28H,6-14H2,1-5H3,(H,31,33)(H,32,37)(H,34,35)(H,38,39)/t16-,17-,18+,19+,20+,21+,27-,28+,29+,30-/m1/s1. The van der Waals surface area contributed by atoms with Gasteiger partial charge >= 0.3 is 17.9 Å². The first kappa shape index (κ1) is 34.1. The molecule has 44 heavy (non-hydrogen) atoms. The highest BCUT2D eigenvalue weighted by molar-refractivity contribution is 5.91. The minimum absolute atomic E-state index is 0.0352. The van der Waals surface area contributed by atoms with Crippen molar-refractivity contribution in [3.05, 3.63) is 0 Å². The van der Waals surface area contributed by atoms with Crippen LogP contribution in [-0.2, 0) is 48.0 Å². The van der Waals surface area contributed by atoms with Gasteiger partial charge in [-0.1, -0.05) is 27.7 Å². The summed E-state index contributed by atoms with van der Waals surface area (Å²) in [6.07, 6.45) is 0.558. The monoisotopic (exact) mass is 626 g/mol. The van der Waals surface area contributed by atoms with Gasteiger partial charge in [-0.2, -0.15) is 0 Å². The molecule has 5 rings (SSSR count). The summed E-state index contributed by atoms with van der Waals surface area (Å²) in [6.45, 7) is 9.62. The molecule has 0 unspecified atom stereocenters. The Morgan fingerprint density at radius 2 is 1.66 bits per heavy atom. The van der Waals surface area contributed by atoms with Gasteiger partial charge in [-0.15, -0.1) is 0 Å². The number of amides is 2. The Morgan fingerprint density at radius 1 is 0.932 bits per heavy atom. The maximum atomic E-state index is 12.9. The Balaban J connectivity index is 1.34. The fraction of sp³-hybridized carbons (Fsp3) is 0.833. The van der Waals surface area contributed by atoms with E-state index in [4.69, 9.17) is 29.1 Å². The van der Waals surface area contributed by atoms with Crippen LogP contribution in [0.25, 0.3) is 0 Å². The number of esters is 1. The van der Waals surface area contributed by atoms with E-state index in [1.54, 1.807) is 0 Å². The Labute approximate surface area is 256 Å². The van der Waals surface area contributed by atoms with Crippen molar-refractivity contribution in [3.8, 4) is 0 Å². The Bertz CT molecular complexity index is 1120. The molecule has 4 aliphatic heterocycles. The van der Waals surface area contributed by atoms with Crippen LogP contribution >= 0.6 is 0 Å². The van der Waals surface area contributed by atoms with E-state index in [1.807, 2.05) is 27.7 Å². The number of carbonyl (C=O) groups excluding carboxylic acids is 3. The van der Waals surface area contributed by atoms with Crippen molar-refractivity contribution in [2.45, 2.75) is 128 Å². The van der Waals surface area contributed by atoms with Crippen LogP contribution in [-0.4, -0.2) is 76.0 Å². The van der Waals surface area contributed by atoms with E-state index in [1.165, 1.54) is 0 Å². The molecule has 1 aliphatic carbocycles. The van der Waals surface area contributed by atoms with Gasteiger partial charge in [-0.05, 0) is 56.8 Å². The minimum atomic E-state index is -1.42. The Kier molecular flexibility index (Phi) is 10.6. The number of rotatable bonds is 13. The van der Waals surface area contributed by atoms with Crippen molar-refractivity contribution in [2.75, 3.05) is 0 Å². The molecule has 2 amide bonds. The van der Waals surface area contributed by atoms with Gasteiger partial charge in [0.05, 0.1) is 6.42 Å². The van der Waals surface area contributed by atoms with Gasteiger partial charge in [0, 0.05) is 31.1 Å². The maximum Gasteiger partial charge on any atom is 0.326 e. The molecule has 14 heteroatoms. The van der Waals surface area contributed by atoms with Gasteiger partial charge in [0.25, 0.3) is 0 Å². The molecule has 10 atom stereocenters. The number of nitrogens with one attached hydrogen (secondary N) is 2. The molecule has 0 radical (unpaired) electrons. The van der Waals surface area contributed by atoms with E-state index >= 15 is 0 Å². The van der Waals surface area contributed by atoms with Crippen LogP contribution in [0.4, 0.5) is 0 Å².